The molecule has 0 radical (unpaired) electrons. The Kier molecular flexibility index (Phi) is 3.74. The zero-order valence-electron chi connectivity index (χ0n) is 7.53. The zero-order valence-corrected chi connectivity index (χ0v) is 9.69. The lowest BCUT2D eigenvalue weighted by Gasteiger charge is -2.11. The predicted octanol–water partition coefficient (Wildman–Crippen LogP) is 3.36. The van der Waals surface area contributed by atoms with E-state index in [4.69, 9.17) is 0 Å². The summed E-state index contributed by atoms with van der Waals surface area (Å²) in [4.78, 5) is 3.45. The van der Waals surface area contributed by atoms with E-state index in [1.807, 2.05) is 0 Å². The van der Waals surface area contributed by atoms with Crippen molar-refractivity contribution >= 4 is 22.6 Å². The monoisotopic (exact) mass is 335 g/mol. The molecule has 0 saturated heterocycles. The molecule has 7 heteroatoms. The van der Waals surface area contributed by atoms with Crippen LogP contribution in [0.2, 0.25) is 0 Å². The average molecular weight is 335 g/mol. The molecule has 0 bridgehead atoms. The number of ether oxygens (including phenoxy) is 1. The van der Waals surface area contributed by atoms with Crippen molar-refractivity contribution in [3.8, 4) is 5.88 Å². The normalized spacial score (nSPS) is 11.6. The molecule has 0 amide bonds. The minimum atomic E-state index is -4.81. The lowest BCUT2D eigenvalue weighted by atomic mass is 10.2. The molecule has 1 rings (SSSR count). The predicted molar refractivity (Wildman–Crippen MR) is 53.2 cm³/mol. The van der Waals surface area contributed by atoms with Crippen molar-refractivity contribution in [1.82, 2.24) is 4.98 Å². The Labute approximate surface area is 96.8 Å². The molecular weight excluding hydrogens is 329 g/mol. The van der Waals surface area contributed by atoms with Gasteiger partial charge in [-0.1, -0.05) is 0 Å². The van der Waals surface area contributed by atoms with Crippen molar-refractivity contribution < 1.29 is 22.3 Å². The number of halogens is 5. The van der Waals surface area contributed by atoms with E-state index in [-0.39, 0.29) is 9.26 Å². The summed E-state index contributed by atoms with van der Waals surface area (Å²) in [7, 11) is 0. The number of hydrogen-bond donors (Lipinski definition) is 0. The minimum Gasteiger partial charge on any atom is -0.387 e. The molecule has 0 spiro atoms. The maximum absolute atomic E-state index is 12.3. The molecular formula is C8H6F4INO. The summed E-state index contributed by atoms with van der Waals surface area (Å²) in [6.07, 6.45) is -4.81. The summed E-state index contributed by atoms with van der Waals surface area (Å²) < 4.78 is 51.9. The van der Waals surface area contributed by atoms with Crippen LogP contribution in [0.4, 0.5) is 17.6 Å². The number of aryl methyl sites for hydroxylation is 1. The van der Waals surface area contributed by atoms with Gasteiger partial charge in [0, 0.05) is 0 Å². The second-order valence-electron chi connectivity index (χ2n) is 2.72. The van der Waals surface area contributed by atoms with Crippen molar-refractivity contribution in [3.63, 3.8) is 0 Å². The first kappa shape index (κ1) is 12.5. The van der Waals surface area contributed by atoms with E-state index in [1.165, 1.54) is 6.07 Å². The van der Waals surface area contributed by atoms with E-state index in [0.29, 0.717) is 5.56 Å². The van der Waals surface area contributed by atoms with Gasteiger partial charge >= 0.3 is 6.36 Å². The van der Waals surface area contributed by atoms with Crippen LogP contribution in [0.5, 0.6) is 5.88 Å². The van der Waals surface area contributed by atoms with E-state index in [0.717, 1.165) is 0 Å². The highest BCUT2D eigenvalue weighted by Crippen LogP contribution is 2.27. The van der Waals surface area contributed by atoms with Crippen LogP contribution in [-0.4, -0.2) is 11.3 Å². The van der Waals surface area contributed by atoms with E-state index in [2.05, 4.69) is 9.72 Å². The van der Waals surface area contributed by atoms with Gasteiger partial charge in [-0.15, -0.1) is 13.2 Å². The van der Waals surface area contributed by atoms with Gasteiger partial charge in [-0.2, -0.15) is 0 Å². The first-order valence-electron chi connectivity index (χ1n) is 3.81. The molecule has 0 fully saturated rings. The molecule has 0 saturated carbocycles. The summed E-state index contributed by atoms with van der Waals surface area (Å²) in [5, 5.41) is 0. The van der Waals surface area contributed by atoms with Crippen LogP contribution in [0.25, 0.3) is 0 Å². The smallest absolute Gasteiger partial charge is 0.387 e. The lowest BCUT2D eigenvalue weighted by molar-refractivity contribution is -0.276. The number of rotatable bonds is 2. The Morgan fingerprint density at radius 1 is 1.47 bits per heavy atom. The van der Waals surface area contributed by atoms with Gasteiger partial charge in [0.05, 0.1) is 9.26 Å². The Morgan fingerprint density at radius 3 is 2.53 bits per heavy atom. The van der Waals surface area contributed by atoms with Crippen molar-refractivity contribution in [2.75, 3.05) is 0 Å². The van der Waals surface area contributed by atoms with Crippen molar-refractivity contribution in [3.05, 3.63) is 20.9 Å². The first-order valence-corrected chi connectivity index (χ1v) is 4.89. The molecule has 1 aromatic heterocycles. The molecule has 0 aliphatic carbocycles. The topological polar surface area (TPSA) is 22.1 Å². The van der Waals surface area contributed by atoms with E-state index in [9.17, 15) is 17.6 Å². The highest BCUT2D eigenvalue weighted by atomic mass is 127. The fraction of sp³-hybridized carbons (Fsp3) is 0.375. The first-order chi connectivity index (χ1) is 6.83. The van der Waals surface area contributed by atoms with Crippen LogP contribution in [-0.2, 0) is 6.67 Å². The number of pyridine rings is 1. The number of alkyl halides is 4. The summed E-state index contributed by atoms with van der Waals surface area (Å²) in [6, 6.07) is 1.39. The molecule has 0 unspecified atom stereocenters. The standard InChI is InChI=1S/C8H6F4INO/c1-4-2-5(13)7(14-6(4)3-9)15-8(10,11)12/h2H,3H2,1H3. The maximum Gasteiger partial charge on any atom is 0.574 e. The Hall–Kier alpha value is -0.600. The summed E-state index contributed by atoms with van der Waals surface area (Å²) in [5.41, 5.74) is 0.450. The van der Waals surface area contributed by atoms with Gasteiger partial charge in [0.15, 0.2) is 0 Å². The summed E-state index contributed by atoms with van der Waals surface area (Å²) in [6.45, 7) is 0.651. The molecule has 0 aliphatic rings. The van der Waals surface area contributed by atoms with Crippen molar-refractivity contribution in [2.45, 2.75) is 20.0 Å². The van der Waals surface area contributed by atoms with Crippen LogP contribution in [0, 0.1) is 10.5 Å². The zero-order chi connectivity index (χ0) is 11.6. The molecule has 0 N–H and O–H groups in total. The third kappa shape index (κ3) is 3.47. The maximum atomic E-state index is 12.3. The Bertz CT molecular complexity index is 366. The van der Waals surface area contributed by atoms with Gasteiger partial charge in [-0.25, -0.2) is 9.37 Å². The largest absolute Gasteiger partial charge is 0.574 e. The molecule has 0 atom stereocenters. The quantitative estimate of drug-likeness (QED) is 0.611. The SMILES string of the molecule is Cc1cc(I)c(OC(F)(F)F)nc1CF. The van der Waals surface area contributed by atoms with Crippen molar-refractivity contribution in [2.24, 2.45) is 0 Å². The molecule has 1 aromatic rings. The number of hydrogen-bond acceptors (Lipinski definition) is 2. The van der Waals surface area contributed by atoms with E-state index >= 15 is 0 Å². The second-order valence-corrected chi connectivity index (χ2v) is 3.88. The molecule has 2 nitrogen and oxygen atoms in total. The fourth-order valence-corrected chi connectivity index (χ4v) is 1.61. The van der Waals surface area contributed by atoms with Crippen LogP contribution in [0.15, 0.2) is 6.07 Å². The van der Waals surface area contributed by atoms with Gasteiger partial charge in [0.25, 0.3) is 0 Å². The van der Waals surface area contributed by atoms with E-state index in [1.54, 1.807) is 29.5 Å². The summed E-state index contributed by atoms with van der Waals surface area (Å²) in [5.74, 6) is -0.610. The van der Waals surface area contributed by atoms with Crippen LogP contribution in [0.3, 0.4) is 0 Å². The lowest BCUT2D eigenvalue weighted by Crippen LogP contribution is -2.19. The Morgan fingerprint density at radius 2 is 2.07 bits per heavy atom. The van der Waals surface area contributed by atoms with Crippen LogP contribution in [0.1, 0.15) is 11.3 Å². The van der Waals surface area contributed by atoms with Gasteiger partial charge in [0.2, 0.25) is 5.88 Å². The third-order valence-electron chi connectivity index (χ3n) is 1.58. The molecule has 0 aromatic carbocycles. The number of aromatic nitrogens is 1. The number of nitrogens with zero attached hydrogens (tertiary/aromatic N) is 1. The van der Waals surface area contributed by atoms with Crippen LogP contribution >= 0.6 is 22.6 Å². The third-order valence-corrected chi connectivity index (χ3v) is 2.35. The fourth-order valence-electron chi connectivity index (χ4n) is 0.916. The second kappa shape index (κ2) is 4.50. The van der Waals surface area contributed by atoms with Crippen LogP contribution < -0.4 is 4.74 Å². The van der Waals surface area contributed by atoms with Gasteiger partial charge < -0.3 is 4.74 Å². The van der Waals surface area contributed by atoms with Gasteiger partial charge in [-0.05, 0) is 41.1 Å². The molecule has 84 valence electrons. The average Bonchev–Trinajstić information content (AvgIpc) is 2.07. The van der Waals surface area contributed by atoms with Gasteiger partial charge in [0.1, 0.15) is 6.67 Å². The Balaban J connectivity index is 3.08. The molecule has 15 heavy (non-hydrogen) atoms. The van der Waals surface area contributed by atoms with Crippen molar-refractivity contribution in [1.29, 1.82) is 0 Å². The molecule has 0 aliphatic heterocycles. The molecule has 1 heterocycles. The highest BCUT2D eigenvalue weighted by molar-refractivity contribution is 14.1. The van der Waals surface area contributed by atoms with E-state index < -0.39 is 18.9 Å². The summed E-state index contributed by atoms with van der Waals surface area (Å²) >= 11 is 1.65. The van der Waals surface area contributed by atoms with Gasteiger partial charge in [-0.3, -0.25) is 0 Å². The minimum absolute atomic E-state index is 0.0466. The highest BCUT2D eigenvalue weighted by Gasteiger charge is 2.33.